The van der Waals surface area contributed by atoms with Crippen LogP contribution in [0.5, 0.6) is 0 Å². The van der Waals surface area contributed by atoms with Crippen molar-refractivity contribution < 1.29 is 4.79 Å². The van der Waals surface area contributed by atoms with Crippen LogP contribution < -0.4 is 4.72 Å². The molecule has 0 aliphatic carbocycles. The first-order valence-electron chi connectivity index (χ1n) is 4.67. The molecule has 0 amide bonds. The Balaban J connectivity index is 2.69. The van der Waals surface area contributed by atoms with Crippen molar-refractivity contribution in [3.05, 3.63) is 34.9 Å². The first-order valence-corrected chi connectivity index (χ1v) is 6.27. The summed E-state index contributed by atoms with van der Waals surface area (Å²) in [6.45, 7) is 1.60. The second kappa shape index (κ2) is 6.16. The molecular weight excluding hydrogens is 230 g/mol. The number of carbonyl (C=O) groups is 1. The van der Waals surface area contributed by atoms with Gasteiger partial charge < -0.3 is 0 Å². The summed E-state index contributed by atoms with van der Waals surface area (Å²) >= 11 is 7.33. The van der Waals surface area contributed by atoms with Gasteiger partial charge in [-0.05, 0) is 37.3 Å². The molecule has 1 aromatic carbocycles. The van der Waals surface area contributed by atoms with Crippen LogP contribution in [0, 0.1) is 0 Å². The van der Waals surface area contributed by atoms with E-state index in [-0.39, 0.29) is 11.8 Å². The lowest BCUT2D eigenvalue weighted by atomic mass is 10.0. The Morgan fingerprint density at radius 1 is 1.60 bits per heavy atom. The van der Waals surface area contributed by atoms with Crippen molar-refractivity contribution in [2.75, 3.05) is 6.26 Å². The smallest absolute Gasteiger partial charge is 0.147 e. The van der Waals surface area contributed by atoms with Gasteiger partial charge in [0, 0.05) is 5.02 Å². The van der Waals surface area contributed by atoms with E-state index in [1.165, 1.54) is 11.9 Å². The summed E-state index contributed by atoms with van der Waals surface area (Å²) in [5.74, 6) is 0.143. The van der Waals surface area contributed by atoms with Crippen molar-refractivity contribution in [3.8, 4) is 0 Å². The van der Waals surface area contributed by atoms with Crippen molar-refractivity contribution in [2.24, 2.45) is 0 Å². The minimum absolute atomic E-state index is 0.140. The van der Waals surface area contributed by atoms with Crippen molar-refractivity contribution in [1.82, 2.24) is 4.72 Å². The van der Waals surface area contributed by atoms with Gasteiger partial charge in [0.1, 0.15) is 5.78 Å². The standard InChI is InChI=1S/C11H14ClNOS/c1-8(14)11(13-15-2)7-9-4-3-5-10(12)6-9/h3-6,11,13H,7H2,1-2H3/t11-/m1/s1. The van der Waals surface area contributed by atoms with E-state index in [0.29, 0.717) is 11.4 Å². The molecule has 0 aliphatic rings. The van der Waals surface area contributed by atoms with E-state index in [1.807, 2.05) is 30.5 Å². The topological polar surface area (TPSA) is 29.1 Å². The van der Waals surface area contributed by atoms with Crippen molar-refractivity contribution in [2.45, 2.75) is 19.4 Å². The molecule has 0 saturated heterocycles. The van der Waals surface area contributed by atoms with Crippen LogP contribution in [0.3, 0.4) is 0 Å². The van der Waals surface area contributed by atoms with E-state index >= 15 is 0 Å². The van der Waals surface area contributed by atoms with Crippen LogP contribution in [-0.4, -0.2) is 18.1 Å². The molecule has 15 heavy (non-hydrogen) atoms. The predicted molar refractivity (Wildman–Crippen MR) is 66.3 cm³/mol. The molecule has 0 fully saturated rings. The van der Waals surface area contributed by atoms with Gasteiger partial charge >= 0.3 is 0 Å². The lowest BCUT2D eigenvalue weighted by Gasteiger charge is -2.13. The largest absolute Gasteiger partial charge is 0.298 e. The third-order valence-electron chi connectivity index (χ3n) is 2.08. The lowest BCUT2D eigenvalue weighted by Crippen LogP contribution is -2.32. The normalized spacial score (nSPS) is 12.5. The molecule has 1 aromatic rings. The number of Topliss-reactive ketones (excluding diaryl/α,β-unsaturated/α-hetero) is 1. The van der Waals surface area contributed by atoms with Gasteiger partial charge in [0.15, 0.2) is 0 Å². The summed E-state index contributed by atoms with van der Waals surface area (Å²) in [6, 6.07) is 7.45. The number of carbonyl (C=O) groups excluding carboxylic acids is 1. The average molecular weight is 244 g/mol. The van der Waals surface area contributed by atoms with Crippen LogP contribution >= 0.6 is 23.5 Å². The van der Waals surface area contributed by atoms with Crippen LogP contribution in [-0.2, 0) is 11.2 Å². The fourth-order valence-corrected chi connectivity index (χ4v) is 2.06. The van der Waals surface area contributed by atoms with Crippen molar-refractivity contribution in [3.63, 3.8) is 0 Å². The molecule has 0 bridgehead atoms. The molecule has 82 valence electrons. The third-order valence-corrected chi connectivity index (χ3v) is 2.84. The van der Waals surface area contributed by atoms with Crippen LogP contribution in [0.15, 0.2) is 24.3 Å². The summed E-state index contributed by atoms with van der Waals surface area (Å²) in [5, 5.41) is 0.707. The minimum Gasteiger partial charge on any atom is -0.298 e. The summed E-state index contributed by atoms with van der Waals surface area (Å²) in [6.07, 6.45) is 2.59. The van der Waals surface area contributed by atoms with E-state index in [1.54, 1.807) is 6.92 Å². The molecule has 0 spiro atoms. The molecule has 0 aliphatic heterocycles. The maximum atomic E-state index is 11.3. The first kappa shape index (κ1) is 12.6. The van der Waals surface area contributed by atoms with Gasteiger partial charge in [-0.1, -0.05) is 35.7 Å². The Hall–Kier alpha value is -0.510. The quantitative estimate of drug-likeness (QED) is 0.807. The van der Waals surface area contributed by atoms with Crippen LogP contribution in [0.2, 0.25) is 5.02 Å². The fourth-order valence-electron chi connectivity index (χ4n) is 1.31. The van der Waals surface area contributed by atoms with Gasteiger partial charge in [-0.3, -0.25) is 9.52 Å². The number of ketones is 1. The highest BCUT2D eigenvalue weighted by atomic mass is 35.5. The van der Waals surface area contributed by atoms with Gasteiger partial charge in [-0.15, -0.1) is 0 Å². The molecule has 2 nitrogen and oxygen atoms in total. The van der Waals surface area contributed by atoms with Gasteiger partial charge in [0.25, 0.3) is 0 Å². The van der Waals surface area contributed by atoms with Gasteiger partial charge in [-0.25, -0.2) is 0 Å². The molecule has 0 aromatic heterocycles. The number of benzene rings is 1. The number of rotatable bonds is 5. The summed E-state index contributed by atoms with van der Waals surface area (Å²) in [7, 11) is 0. The second-order valence-electron chi connectivity index (χ2n) is 3.32. The third kappa shape index (κ3) is 4.24. The van der Waals surface area contributed by atoms with Crippen molar-refractivity contribution >= 4 is 29.3 Å². The molecule has 1 atom stereocenters. The molecule has 0 saturated carbocycles. The van der Waals surface area contributed by atoms with Crippen LogP contribution in [0.25, 0.3) is 0 Å². The molecule has 4 heteroatoms. The monoisotopic (exact) mass is 243 g/mol. The summed E-state index contributed by atoms with van der Waals surface area (Å²) < 4.78 is 3.07. The highest BCUT2D eigenvalue weighted by molar-refractivity contribution is 7.96. The molecule has 0 heterocycles. The number of nitrogens with one attached hydrogen (secondary N) is 1. The Labute approximate surface area is 99.5 Å². The number of hydrogen-bond donors (Lipinski definition) is 1. The molecule has 1 rings (SSSR count). The Morgan fingerprint density at radius 2 is 2.33 bits per heavy atom. The Bertz CT molecular complexity index is 343. The molecule has 1 N–H and O–H groups in total. The first-order chi connectivity index (χ1) is 7.13. The molecule has 0 unspecified atom stereocenters. The van der Waals surface area contributed by atoms with E-state index in [2.05, 4.69) is 4.72 Å². The Kier molecular flexibility index (Phi) is 5.15. The van der Waals surface area contributed by atoms with Gasteiger partial charge in [0.2, 0.25) is 0 Å². The Morgan fingerprint density at radius 3 is 2.87 bits per heavy atom. The van der Waals surface area contributed by atoms with Crippen molar-refractivity contribution in [1.29, 1.82) is 0 Å². The maximum Gasteiger partial charge on any atom is 0.147 e. The highest BCUT2D eigenvalue weighted by Gasteiger charge is 2.13. The summed E-state index contributed by atoms with van der Waals surface area (Å²) in [4.78, 5) is 11.3. The van der Waals surface area contributed by atoms with E-state index in [0.717, 1.165) is 5.56 Å². The maximum absolute atomic E-state index is 11.3. The fraction of sp³-hybridized carbons (Fsp3) is 0.364. The summed E-state index contributed by atoms with van der Waals surface area (Å²) in [5.41, 5.74) is 1.07. The molecular formula is C11H14ClNOS. The SMILES string of the molecule is CSN[C@H](Cc1cccc(Cl)c1)C(C)=O. The molecule has 0 radical (unpaired) electrons. The predicted octanol–water partition coefficient (Wildman–Crippen LogP) is 2.71. The van der Waals surface area contributed by atoms with E-state index < -0.39 is 0 Å². The minimum atomic E-state index is -0.140. The lowest BCUT2D eigenvalue weighted by molar-refractivity contribution is -0.118. The zero-order valence-electron chi connectivity index (χ0n) is 8.79. The highest BCUT2D eigenvalue weighted by Crippen LogP contribution is 2.13. The van der Waals surface area contributed by atoms with Gasteiger partial charge in [-0.2, -0.15) is 0 Å². The van der Waals surface area contributed by atoms with E-state index in [4.69, 9.17) is 11.6 Å². The zero-order chi connectivity index (χ0) is 11.3. The van der Waals surface area contributed by atoms with Crippen LogP contribution in [0.4, 0.5) is 0 Å². The second-order valence-corrected chi connectivity index (χ2v) is 4.40. The number of halogens is 1. The number of hydrogen-bond acceptors (Lipinski definition) is 3. The van der Waals surface area contributed by atoms with Gasteiger partial charge in [0.05, 0.1) is 6.04 Å². The average Bonchev–Trinajstić information content (AvgIpc) is 2.17. The zero-order valence-corrected chi connectivity index (χ0v) is 10.4. The van der Waals surface area contributed by atoms with E-state index in [9.17, 15) is 4.79 Å². The van der Waals surface area contributed by atoms with Crippen LogP contribution in [0.1, 0.15) is 12.5 Å².